The molecule has 2 N–H and O–H groups in total. The Balaban J connectivity index is 2.07. The second-order valence-corrected chi connectivity index (χ2v) is 5.25. The first-order valence-corrected chi connectivity index (χ1v) is 6.64. The Bertz CT molecular complexity index is 557. The van der Waals surface area contributed by atoms with Gasteiger partial charge in [-0.1, -0.05) is 25.1 Å². The van der Waals surface area contributed by atoms with Crippen LogP contribution in [0.4, 0.5) is 11.4 Å². The molecule has 0 spiro atoms. The minimum atomic E-state index is 0.795. The Labute approximate surface area is 108 Å². The highest BCUT2D eigenvalue weighted by atomic mass is 15.1. The van der Waals surface area contributed by atoms with Gasteiger partial charge in [0.05, 0.1) is 23.1 Å². The lowest BCUT2D eigenvalue weighted by Crippen LogP contribution is -2.33. The summed E-state index contributed by atoms with van der Waals surface area (Å²) in [5.41, 5.74) is 9.14. The number of pyridine rings is 1. The van der Waals surface area contributed by atoms with Crippen molar-refractivity contribution in [2.45, 2.75) is 19.8 Å². The maximum Gasteiger partial charge on any atom is 0.0745 e. The van der Waals surface area contributed by atoms with Gasteiger partial charge in [-0.15, -0.1) is 0 Å². The van der Waals surface area contributed by atoms with Crippen LogP contribution in [0.2, 0.25) is 0 Å². The molecule has 0 radical (unpaired) electrons. The molecule has 1 aromatic heterocycles. The number of fused-ring (bicyclic) bond motifs is 1. The summed E-state index contributed by atoms with van der Waals surface area (Å²) in [6.07, 6.45) is 4.28. The van der Waals surface area contributed by atoms with Crippen LogP contribution in [0, 0.1) is 5.92 Å². The molecule has 0 saturated carbocycles. The molecule has 1 aliphatic heterocycles. The van der Waals surface area contributed by atoms with Gasteiger partial charge < -0.3 is 10.6 Å². The van der Waals surface area contributed by atoms with Gasteiger partial charge in [0.1, 0.15) is 0 Å². The summed E-state index contributed by atoms with van der Waals surface area (Å²) in [5.74, 6) is 0.829. The molecular weight excluding hydrogens is 222 g/mol. The van der Waals surface area contributed by atoms with Gasteiger partial charge in [0, 0.05) is 18.5 Å². The summed E-state index contributed by atoms with van der Waals surface area (Å²) >= 11 is 0. The van der Waals surface area contributed by atoms with E-state index in [0.29, 0.717) is 0 Å². The van der Waals surface area contributed by atoms with E-state index in [9.17, 15) is 0 Å². The minimum absolute atomic E-state index is 0.795. The molecule has 0 bridgehead atoms. The zero-order valence-corrected chi connectivity index (χ0v) is 10.8. The van der Waals surface area contributed by atoms with E-state index >= 15 is 0 Å². The number of benzene rings is 1. The number of nitrogen functional groups attached to an aromatic ring is 1. The van der Waals surface area contributed by atoms with Crippen LogP contribution in [0.5, 0.6) is 0 Å². The number of para-hydroxylation sites is 1. The second kappa shape index (κ2) is 4.48. The third-order valence-corrected chi connectivity index (χ3v) is 3.88. The van der Waals surface area contributed by atoms with Crippen LogP contribution in [0.25, 0.3) is 10.9 Å². The Morgan fingerprint density at radius 1 is 1.22 bits per heavy atom. The number of aromatic nitrogens is 1. The molecule has 0 atom stereocenters. The van der Waals surface area contributed by atoms with Gasteiger partial charge in [-0.2, -0.15) is 0 Å². The number of nitrogens with two attached hydrogens (primary N) is 1. The minimum Gasteiger partial charge on any atom is -0.396 e. The van der Waals surface area contributed by atoms with Crippen molar-refractivity contribution in [3.05, 3.63) is 30.5 Å². The molecule has 3 heteroatoms. The predicted octanol–water partition coefficient (Wildman–Crippen LogP) is 3.05. The van der Waals surface area contributed by atoms with Gasteiger partial charge in [-0.25, -0.2) is 0 Å². The van der Waals surface area contributed by atoms with E-state index in [4.69, 9.17) is 5.73 Å². The largest absolute Gasteiger partial charge is 0.396 e. The van der Waals surface area contributed by atoms with Crippen LogP contribution in [-0.4, -0.2) is 18.1 Å². The van der Waals surface area contributed by atoms with Crippen LogP contribution < -0.4 is 10.6 Å². The summed E-state index contributed by atoms with van der Waals surface area (Å²) < 4.78 is 0. The van der Waals surface area contributed by atoms with E-state index < -0.39 is 0 Å². The number of hydrogen-bond acceptors (Lipinski definition) is 3. The Kier molecular flexibility index (Phi) is 2.82. The number of hydrogen-bond donors (Lipinski definition) is 1. The van der Waals surface area contributed by atoms with E-state index in [1.807, 2.05) is 12.1 Å². The van der Waals surface area contributed by atoms with Crippen molar-refractivity contribution in [1.82, 2.24) is 4.98 Å². The van der Waals surface area contributed by atoms with E-state index in [2.05, 4.69) is 28.9 Å². The molecule has 3 rings (SSSR count). The Morgan fingerprint density at radius 2 is 1.94 bits per heavy atom. The molecule has 0 unspecified atom stereocenters. The van der Waals surface area contributed by atoms with Gasteiger partial charge in [-0.05, 0) is 24.8 Å². The smallest absolute Gasteiger partial charge is 0.0745 e. The summed E-state index contributed by atoms with van der Waals surface area (Å²) in [6, 6.07) is 8.24. The summed E-state index contributed by atoms with van der Waals surface area (Å²) in [6.45, 7) is 4.52. The van der Waals surface area contributed by atoms with Gasteiger partial charge in [0.2, 0.25) is 0 Å². The third-order valence-electron chi connectivity index (χ3n) is 3.88. The van der Waals surface area contributed by atoms with Crippen LogP contribution in [0.3, 0.4) is 0 Å². The molecule has 94 valence electrons. The molecule has 1 aliphatic rings. The van der Waals surface area contributed by atoms with Crippen molar-refractivity contribution in [3.63, 3.8) is 0 Å². The van der Waals surface area contributed by atoms with Crippen molar-refractivity contribution in [1.29, 1.82) is 0 Å². The second-order valence-electron chi connectivity index (χ2n) is 5.25. The number of piperidine rings is 1. The molecule has 1 fully saturated rings. The number of rotatable bonds is 1. The highest BCUT2D eigenvalue weighted by molar-refractivity contribution is 5.97. The normalized spacial score (nSPS) is 17.3. The van der Waals surface area contributed by atoms with Gasteiger partial charge in [0.15, 0.2) is 0 Å². The summed E-state index contributed by atoms with van der Waals surface area (Å²) in [7, 11) is 0. The van der Waals surface area contributed by atoms with Crippen molar-refractivity contribution in [2.24, 2.45) is 5.92 Å². The lowest BCUT2D eigenvalue weighted by molar-refractivity contribution is 0.439. The zero-order valence-electron chi connectivity index (χ0n) is 10.8. The van der Waals surface area contributed by atoms with Crippen molar-refractivity contribution in [3.8, 4) is 0 Å². The molecule has 2 aromatic rings. The number of anilines is 2. The topological polar surface area (TPSA) is 42.1 Å². The summed E-state index contributed by atoms with van der Waals surface area (Å²) in [4.78, 5) is 6.82. The van der Waals surface area contributed by atoms with Crippen molar-refractivity contribution >= 4 is 22.3 Å². The molecular formula is C15H19N3. The van der Waals surface area contributed by atoms with Gasteiger partial charge in [0.25, 0.3) is 0 Å². The van der Waals surface area contributed by atoms with Gasteiger partial charge >= 0.3 is 0 Å². The molecule has 2 heterocycles. The highest BCUT2D eigenvalue weighted by Gasteiger charge is 2.19. The first-order chi connectivity index (χ1) is 8.75. The lowest BCUT2D eigenvalue weighted by atomic mass is 9.98. The fourth-order valence-electron chi connectivity index (χ4n) is 2.73. The average Bonchev–Trinajstić information content (AvgIpc) is 2.40. The Morgan fingerprint density at radius 3 is 2.72 bits per heavy atom. The van der Waals surface area contributed by atoms with Gasteiger partial charge in [-0.3, -0.25) is 4.98 Å². The van der Waals surface area contributed by atoms with E-state index in [-0.39, 0.29) is 0 Å². The first kappa shape index (κ1) is 11.3. The molecule has 1 aromatic carbocycles. The summed E-state index contributed by atoms with van der Waals surface area (Å²) in [5, 5.41) is 1.17. The van der Waals surface area contributed by atoms with Crippen LogP contribution in [-0.2, 0) is 0 Å². The van der Waals surface area contributed by atoms with E-state index in [1.165, 1.54) is 23.9 Å². The van der Waals surface area contributed by atoms with E-state index in [1.54, 1.807) is 6.20 Å². The fourth-order valence-corrected chi connectivity index (χ4v) is 2.73. The lowest BCUT2D eigenvalue weighted by Gasteiger charge is -2.33. The van der Waals surface area contributed by atoms with Crippen LogP contribution in [0.15, 0.2) is 30.5 Å². The predicted molar refractivity (Wildman–Crippen MR) is 76.8 cm³/mol. The monoisotopic (exact) mass is 241 g/mol. The maximum atomic E-state index is 6.15. The standard InChI is InChI=1S/C15H19N3/c1-11-6-8-18(9-7-11)15-12-4-2-3-5-14(12)17-10-13(15)16/h2-5,10-11H,6-9,16H2,1H3. The average molecular weight is 241 g/mol. The molecule has 1 saturated heterocycles. The first-order valence-electron chi connectivity index (χ1n) is 6.64. The van der Waals surface area contributed by atoms with Crippen molar-refractivity contribution < 1.29 is 0 Å². The molecule has 3 nitrogen and oxygen atoms in total. The molecule has 18 heavy (non-hydrogen) atoms. The maximum absolute atomic E-state index is 6.15. The quantitative estimate of drug-likeness (QED) is 0.834. The molecule has 0 aliphatic carbocycles. The highest BCUT2D eigenvalue weighted by Crippen LogP contribution is 2.33. The van der Waals surface area contributed by atoms with Crippen LogP contribution >= 0.6 is 0 Å². The SMILES string of the molecule is CC1CCN(c2c(N)cnc3ccccc23)CC1. The zero-order chi connectivity index (χ0) is 12.5. The third kappa shape index (κ3) is 1.90. The molecule has 0 amide bonds. The van der Waals surface area contributed by atoms with Crippen molar-refractivity contribution in [2.75, 3.05) is 23.7 Å². The van der Waals surface area contributed by atoms with E-state index in [0.717, 1.165) is 30.2 Å². The van der Waals surface area contributed by atoms with Crippen LogP contribution in [0.1, 0.15) is 19.8 Å². The Hall–Kier alpha value is -1.77. The fraction of sp³-hybridized carbons (Fsp3) is 0.400. The number of nitrogens with zero attached hydrogens (tertiary/aromatic N) is 2.